The largest absolute Gasteiger partial charge is 0.409 e. The first kappa shape index (κ1) is 14.7. The molecule has 0 bridgehead atoms. The average Bonchev–Trinajstić information content (AvgIpc) is 2.47. The number of nitrogens with zero attached hydrogens (tertiary/aromatic N) is 2. The molecule has 1 aliphatic rings. The van der Waals surface area contributed by atoms with Gasteiger partial charge in [-0.05, 0) is 56.4 Å². The summed E-state index contributed by atoms with van der Waals surface area (Å²) in [5.41, 5.74) is 8.80. The first-order chi connectivity index (χ1) is 9.67. The van der Waals surface area contributed by atoms with E-state index < -0.39 is 0 Å². The number of amidine groups is 1. The van der Waals surface area contributed by atoms with Gasteiger partial charge in [-0.1, -0.05) is 18.5 Å². The molecule has 4 heteroatoms. The van der Waals surface area contributed by atoms with Crippen molar-refractivity contribution in [3.05, 3.63) is 29.3 Å². The van der Waals surface area contributed by atoms with Gasteiger partial charge in [-0.2, -0.15) is 0 Å². The lowest BCUT2D eigenvalue weighted by molar-refractivity contribution is 0.318. The summed E-state index contributed by atoms with van der Waals surface area (Å²) in [6.45, 7) is 5.39. The van der Waals surface area contributed by atoms with Crippen LogP contribution in [0.3, 0.4) is 0 Å². The van der Waals surface area contributed by atoms with Crippen LogP contribution in [0, 0.1) is 6.92 Å². The van der Waals surface area contributed by atoms with Crippen LogP contribution in [-0.2, 0) is 0 Å². The van der Waals surface area contributed by atoms with Crippen LogP contribution in [0.15, 0.2) is 23.4 Å². The number of hydrogen-bond donors (Lipinski definition) is 2. The van der Waals surface area contributed by atoms with Crippen molar-refractivity contribution in [1.82, 2.24) is 0 Å². The molecule has 0 radical (unpaired) electrons. The number of nitrogens with two attached hydrogens (primary N) is 1. The lowest BCUT2D eigenvalue weighted by Gasteiger charge is -2.38. The van der Waals surface area contributed by atoms with Crippen molar-refractivity contribution >= 4 is 11.5 Å². The smallest absolute Gasteiger partial charge is 0.170 e. The van der Waals surface area contributed by atoms with E-state index in [1.165, 1.54) is 37.8 Å². The highest BCUT2D eigenvalue weighted by atomic mass is 16.4. The van der Waals surface area contributed by atoms with Gasteiger partial charge in [-0.15, -0.1) is 0 Å². The molecular formula is C16H25N3O. The minimum absolute atomic E-state index is 0.179. The van der Waals surface area contributed by atoms with Gasteiger partial charge in [0.05, 0.1) is 0 Å². The zero-order valence-corrected chi connectivity index (χ0v) is 12.5. The fourth-order valence-corrected chi connectivity index (χ4v) is 3.14. The van der Waals surface area contributed by atoms with Gasteiger partial charge in [0.25, 0.3) is 0 Å². The molecule has 4 nitrogen and oxygen atoms in total. The lowest BCUT2D eigenvalue weighted by Crippen LogP contribution is -2.39. The van der Waals surface area contributed by atoms with E-state index >= 15 is 0 Å². The summed E-state index contributed by atoms with van der Waals surface area (Å²) in [6.07, 6.45) is 6.36. The van der Waals surface area contributed by atoms with Crippen molar-refractivity contribution in [2.45, 2.75) is 52.0 Å². The first-order valence-electron chi connectivity index (χ1n) is 7.52. The number of rotatable bonds is 4. The molecule has 1 saturated heterocycles. The fraction of sp³-hybridized carbons (Fsp3) is 0.562. The van der Waals surface area contributed by atoms with E-state index in [9.17, 15) is 0 Å². The van der Waals surface area contributed by atoms with Gasteiger partial charge in [-0.3, -0.25) is 0 Å². The SMILES string of the molecule is CCCC1CCCCN1c1ccc(/C(N)=N/O)c(C)c1. The normalized spacial score (nSPS) is 20.2. The zero-order chi connectivity index (χ0) is 14.5. The Morgan fingerprint density at radius 3 is 2.90 bits per heavy atom. The van der Waals surface area contributed by atoms with Crippen LogP contribution < -0.4 is 10.6 Å². The summed E-state index contributed by atoms with van der Waals surface area (Å²) in [7, 11) is 0. The highest BCUT2D eigenvalue weighted by Crippen LogP contribution is 2.28. The second kappa shape index (κ2) is 6.64. The maximum atomic E-state index is 8.80. The van der Waals surface area contributed by atoms with Crippen LogP contribution in [-0.4, -0.2) is 23.6 Å². The highest BCUT2D eigenvalue weighted by molar-refractivity contribution is 5.98. The first-order valence-corrected chi connectivity index (χ1v) is 7.52. The summed E-state index contributed by atoms with van der Waals surface area (Å²) in [5, 5.41) is 11.9. The zero-order valence-electron chi connectivity index (χ0n) is 12.5. The molecule has 1 aromatic rings. The Bertz CT molecular complexity index is 483. The molecular weight excluding hydrogens is 250 g/mol. The van der Waals surface area contributed by atoms with Crippen molar-refractivity contribution in [1.29, 1.82) is 0 Å². The van der Waals surface area contributed by atoms with Gasteiger partial charge in [0.2, 0.25) is 0 Å². The molecule has 1 aromatic carbocycles. The predicted molar refractivity (Wildman–Crippen MR) is 83.6 cm³/mol. The third-order valence-electron chi connectivity index (χ3n) is 4.17. The van der Waals surface area contributed by atoms with E-state index in [4.69, 9.17) is 10.9 Å². The molecule has 1 heterocycles. The van der Waals surface area contributed by atoms with Crippen LogP contribution in [0.5, 0.6) is 0 Å². The number of piperidine rings is 1. The number of anilines is 1. The molecule has 1 aliphatic heterocycles. The monoisotopic (exact) mass is 275 g/mol. The molecule has 0 aliphatic carbocycles. The van der Waals surface area contributed by atoms with Crippen molar-refractivity contribution in [2.75, 3.05) is 11.4 Å². The summed E-state index contributed by atoms with van der Waals surface area (Å²) >= 11 is 0. The Hall–Kier alpha value is -1.71. The van der Waals surface area contributed by atoms with Crippen molar-refractivity contribution in [2.24, 2.45) is 10.9 Å². The third kappa shape index (κ3) is 3.06. The van der Waals surface area contributed by atoms with E-state index in [1.54, 1.807) is 0 Å². The Morgan fingerprint density at radius 2 is 2.25 bits per heavy atom. The van der Waals surface area contributed by atoms with Crippen molar-refractivity contribution in [3.63, 3.8) is 0 Å². The molecule has 3 N–H and O–H groups in total. The molecule has 1 fully saturated rings. The molecule has 0 aromatic heterocycles. The van der Waals surface area contributed by atoms with Crippen LogP contribution in [0.25, 0.3) is 0 Å². The van der Waals surface area contributed by atoms with Gasteiger partial charge in [0.15, 0.2) is 5.84 Å². The van der Waals surface area contributed by atoms with E-state index in [-0.39, 0.29) is 5.84 Å². The van der Waals surface area contributed by atoms with E-state index in [0.29, 0.717) is 6.04 Å². The van der Waals surface area contributed by atoms with Crippen LogP contribution in [0.4, 0.5) is 5.69 Å². The molecule has 0 saturated carbocycles. The van der Waals surface area contributed by atoms with Gasteiger partial charge in [0, 0.05) is 23.8 Å². The molecule has 1 unspecified atom stereocenters. The number of benzene rings is 1. The molecule has 0 spiro atoms. The maximum absolute atomic E-state index is 8.80. The molecule has 110 valence electrons. The summed E-state index contributed by atoms with van der Waals surface area (Å²) in [6, 6.07) is 6.86. The summed E-state index contributed by atoms with van der Waals surface area (Å²) < 4.78 is 0. The highest BCUT2D eigenvalue weighted by Gasteiger charge is 2.22. The molecule has 1 atom stereocenters. The Morgan fingerprint density at radius 1 is 1.45 bits per heavy atom. The topological polar surface area (TPSA) is 61.8 Å². The van der Waals surface area contributed by atoms with Crippen molar-refractivity contribution in [3.8, 4) is 0 Å². The molecule has 0 amide bonds. The third-order valence-corrected chi connectivity index (χ3v) is 4.17. The van der Waals surface area contributed by atoms with Gasteiger partial charge < -0.3 is 15.8 Å². The van der Waals surface area contributed by atoms with E-state index in [2.05, 4.69) is 29.1 Å². The summed E-state index contributed by atoms with van der Waals surface area (Å²) in [4.78, 5) is 2.52. The van der Waals surface area contributed by atoms with E-state index in [0.717, 1.165) is 17.7 Å². The van der Waals surface area contributed by atoms with E-state index in [1.807, 2.05) is 13.0 Å². The van der Waals surface area contributed by atoms with Gasteiger partial charge >= 0.3 is 0 Å². The Balaban J connectivity index is 2.25. The van der Waals surface area contributed by atoms with Crippen LogP contribution in [0.1, 0.15) is 50.2 Å². The fourth-order valence-electron chi connectivity index (χ4n) is 3.14. The van der Waals surface area contributed by atoms with Crippen molar-refractivity contribution < 1.29 is 5.21 Å². The van der Waals surface area contributed by atoms with Gasteiger partial charge in [0.1, 0.15) is 0 Å². The van der Waals surface area contributed by atoms with Crippen LogP contribution >= 0.6 is 0 Å². The van der Waals surface area contributed by atoms with Gasteiger partial charge in [-0.25, -0.2) is 0 Å². The lowest BCUT2D eigenvalue weighted by atomic mass is 9.96. The number of hydrogen-bond acceptors (Lipinski definition) is 3. The maximum Gasteiger partial charge on any atom is 0.170 e. The number of oxime groups is 1. The quantitative estimate of drug-likeness (QED) is 0.384. The predicted octanol–water partition coefficient (Wildman–Crippen LogP) is 3.25. The molecule has 20 heavy (non-hydrogen) atoms. The Kier molecular flexibility index (Phi) is 4.88. The second-order valence-corrected chi connectivity index (χ2v) is 5.62. The Labute approximate surface area is 121 Å². The minimum Gasteiger partial charge on any atom is -0.409 e. The molecule has 2 rings (SSSR count). The summed E-state index contributed by atoms with van der Waals surface area (Å²) in [5.74, 6) is 0.179. The number of aryl methyl sites for hydroxylation is 1. The second-order valence-electron chi connectivity index (χ2n) is 5.62. The standard InChI is InChI=1S/C16H25N3O/c1-3-6-13-7-4-5-10-19(13)14-8-9-15(12(2)11-14)16(17)18-20/h8-9,11,13,20H,3-7,10H2,1-2H3,(H2,17,18). The minimum atomic E-state index is 0.179. The van der Waals surface area contributed by atoms with Crippen LogP contribution in [0.2, 0.25) is 0 Å². The average molecular weight is 275 g/mol.